The van der Waals surface area contributed by atoms with Gasteiger partial charge < -0.3 is 41.0 Å². The highest BCUT2D eigenvalue weighted by molar-refractivity contribution is 5.86. The summed E-state index contributed by atoms with van der Waals surface area (Å²) in [6.07, 6.45) is -2.79. The van der Waals surface area contributed by atoms with Crippen molar-refractivity contribution in [1.29, 1.82) is 0 Å². The lowest BCUT2D eigenvalue weighted by Crippen LogP contribution is -2.57. The molecular formula is C38H52N4O7. The van der Waals surface area contributed by atoms with Crippen molar-refractivity contribution >= 4 is 18.1 Å². The molecule has 0 saturated heterocycles. The van der Waals surface area contributed by atoms with E-state index in [4.69, 9.17) is 9.47 Å². The van der Waals surface area contributed by atoms with Gasteiger partial charge in [-0.2, -0.15) is 0 Å². The lowest BCUT2D eigenvalue weighted by molar-refractivity contribution is -0.125. The summed E-state index contributed by atoms with van der Waals surface area (Å²) in [5, 5.41) is 34.0. The van der Waals surface area contributed by atoms with Crippen molar-refractivity contribution in [2.75, 3.05) is 13.1 Å². The first-order valence-corrected chi connectivity index (χ1v) is 16.7. The van der Waals surface area contributed by atoms with Gasteiger partial charge in [0.2, 0.25) is 5.91 Å². The Bertz CT molecular complexity index is 1420. The second-order valence-electron chi connectivity index (χ2n) is 13.5. The molecule has 3 aromatic carbocycles. The summed E-state index contributed by atoms with van der Waals surface area (Å²) >= 11 is 0. The first-order valence-electron chi connectivity index (χ1n) is 16.7. The molecule has 0 bridgehead atoms. The maximum absolute atomic E-state index is 13.5. The van der Waals surface area contributed by atoms with Crippen molar-refractivity contribution in [1.82, 2.24) is 21.3 Å². The third kappa shape index (κ3) is 14.7. The molecule has 3 aromatic rings. The number of hydrogen-bond donors (Lipinski definition) is 6. The highest BCUT2D eigenvalue weighted by atomic mass is 16.6. The Morgan fingerprint density at radius 2 is 1.10 bits per heavy atom. The number of hydrogen-bond acceptors (Lipinski definition) is 8. The van der Waals surface area contributed by atoms with Crippen LogP contribution >= 0.6 is 0 Å². The van der Waals surface area contributed by atoms with Crippen LogP contribution in [-0.2, 0) is 33.7 Å². The van der Waals surface area contributed by atoms with Gasteiger partial charge in [-0.15, -0.1) is 0 Å². The van der Waals surface area contributed by atoms with Crippen LogP contribution in [0.3, 0.4) is 0 Å². The second-order valence-corrected chi connectivity index (χ2v) is 13.5. The van der Waals surface area contributed by atoms with E-state index >= 15 is 0 Å². The van der Waals surface area contributed by atoms with Gasteiger partial charge in [0.1, 0.15) is 18.2 Å². The third-order valence-corrected chi connectivity index (χ3v) is 7.70. The standard InChI is InChI=1S/C38H52N4O7/c1-26(2)34(42-36(46)48-25-29-19-13-8-14-20-29)35(45)40-30(21-27-15-9-6-10-16-27)32(43)23-39-24-33(44)31(22-28-17-11-7-12-18-28)41-37(47)49-38(3,4)5/h6-20,26,30-34,39,43-44H,21-25H2,1-5H3,(H,40,45)(H,41,47)(H,42,46)/t30-,31-,32-,33-,34-/m0/s1. The molecule has 5 atom stereocenters. The minimum Gasteiger partial charge on any atom is -0.445 e. The average molecular weight is 677 g/mol. The van der Waals surface area contributed by atoms with Crippen LogP contribution in [0.5, 0.6) is 0 Å². The van der Waals surface area contributed by atoms with Gasteiger partial charge in [-0.05, 0) is 56.2 Å². The average Bonchev–Trinajstić information content (AvgIpc) is 3.06. The molecule has 0 fully saturated rings. The highest BCUT2D eigenvalue weighted by Crippen LogP contribution is 2.12. The first kappa shape index (κ1) is 39.0. The lowest BCUT2D eigenvalue weighted by Gasteiger charge is -2.30. The molecule has 0 saturated carbocycles. The SMILES string of the molecule is CC(C)[C@H](NC(=O)OCc1ccccc1)C(=O)N[C@@H](Cc1ccccc1)[C@@H](O)CNC[C@H](O)[C@H](Cc1ccccc1)NC(=O)OC(C)(C)C. The zero-order chi connectivity index (χ0) is 35.8. The van der Waals surface area contributed by atoms with E-state index < -0.39 is 54.0 Å². The zero-order valence-electron chi connectivity index (χ0n) is 29.1. The molecule has 3 amide bonds. The van der Waals surface area contributed by atoms with Gasteiger partial charge in [0.15, 0.2) is 0 Å². The molecule has 0 aliphatic heterocycles. The largest absolute Gasteiger partial charge is 0.445 e. The Morgan fingerprint density at radius 3 is 1.55 bits per heavy atom. The topological polar surface area (TPSA) is 158 Å². The number of alkyl carbamates (subject to hydrolysis) is 2. The number of amides is 3. The van der Waals surface area contributed by atoms with Crippen LogP contribution in [-0.4, -0.2) is 77.3 Å². The first-order chi connectivity index (χ1) is 23.3. The van der Waals surface area contributed by atoms with Crippen molar-refractivity contribution in [3.05, 3.63) is 108 Å². The van der Waals surface area contributed by atoms with Crippen molar-refractivity contribution in [2.24, 2.45) is 5.92 Å². The maximum Gasteiger partial charge on any atom is 0.408 e. The van der Waals surface area contributed by atoms with E-state index in [-0.39, 0.29) is 25.6 Å². The van der Waals surface area contributed by atoms with Gasteiger partial charge >= 0.3 is 12.2 Å². The van der Waals surface area contributed by atoms with E-state index in [1.165, 1.54) is 0 Å². The van der Waals surface area contributed by atoms with Crippen LogP contribution in [0.1, 0.15) is 51.3 Å². The summed E-state index contributed by atoms with van der Waals surface area (Å²) in [6.45, 7) is 9.04. The van der Waals surface area contributed by atoms with Crippen molar-refractivity contribution in [3.63, 3.8) is 0 Å². The van der Waals surface area contributed by atoms with E-state index in [1.807, 2.05) is 105 Å². The van der Waals surface area contributed by atoms with Gasteiger partial charge in [0.05, 0.1) is 24.3 Å². The van der Waals surface area contributed by atoms with Gasteiger partial charge in [0, 0.05) is 13.1 Å². The molecule has 0 aromatic heterocycles. The quantitative estimate of drug-likeness (QED) is 0.125. The zero-order valence-corrected chi connectivity index (χ0v) is 29.1. The molecule has 11 nitrogen and oxygen atoms in total. The van der Waals surface area contributed by atoms with Crippen molar-refractivity contribution in [3.8, 4) is 0 Å². The minimum absolute atomic E-state index is 0.0260. The highest BCUT2D eigenvalue weighted by Gasteiger charge is 2.30. The van der Waals surface area contributed by atoms with Gasteiger partial charge in [-0.1, -0.05) is 105 Å². The summed E-state index contributed by atoms with van der Waals surface area (Å²) in [6, 6.07) is 25.8. The number of nitrogens with one attached hydrogen (secondary N) is 4. The molecule has 0 radical (unpaired) electrons. The number of benzene rings is 3. The molecule has 0 aliphatic carbocycles. The predicted molar refractivity (Wildman–Crippen MR) is 189 cm³/mol. The molecule has 6 N–H and O–H groups in total. The Kier molecular flexibility index (Phi) is 15.5. The fraction of sp³-hybridized carbons (Fsp3) is 0.447. The van der Waals surface area contributed by atoms with Crippen LogP contribution < -0.4 is 21.3 Å². The summed E-state index contributed by atoms with van der Waals surface area (Å²) < 4.78 is 10.8. The molecule has 0 unspecified atom stereocenters. The van der Waals surface area contributed by atoms with E-state index in [1.54, 1.807) is 20.8 Å². The van der Waals surface area contributed by atoms with Crippen molar-refractivity contribution in [2.45, 2.75) is 90.0 Å². The Labute approximate surface area is 289 Å². The van der Waals surface area contributed by atoms with Crippen LogP contribution in [0, 0.1) is 5.92 Å². The van der Waals surface area contributed by atoms with Gasteiger partial charge in [-0.25, -0.2) is 9.59 Å². The van der Waals surface area contributed by atoms with Gasteiger partial charge in [-0.3, -0.25) is 4.79 Å². The summed E-state index contributed by atoms with van der Waals surface area (Å²) in [7, 11) is 0. The molecule has 11 heteroatoms. The summed E-state index contributed by atoms with van der Waals surface area (Å²) in [4.78, 5) is 38.8. The monoisotopic (exact) mass is 676 g/mol. The molecule has 0 heterocycles. The Morgan fingerprint density at radius 1 is 0.653 bits per heavy atom. The number of carbonyl (C=O) groups excluding carboxylic acids is 3. The summed E-state index contributed by atoms with van der Waals surface area (Å²) in [5.74, 6) is -0.734. The minimum atomic E-state index is -1.07. The Hall–Kier alpha value is -4.45. The van der Waals surface area contributed by atoms with Crippen LogP contribution in [0.15, 0.2) is 91.0 Å². The molecule has 3 rings (SSSR count). The maximum atomic E-state index is 13.5. The van der Waals surface area contributed by atoms with E-state index in [9.17, 15) is 24.6 Å². The predicted octanol–water partition coefficient (Wildman–Crippen LogP) is 4.11. The molecule has 0 aliphatic rings. The lowest BCUT2D eigenvalue weighted by atomic mass is 9.98. The van der Waals surface area contributed by atoms with Crippen LogP contribution in [0.4, 0.5) is 9.59 Å². The number of aliphatic hydroxyl groups excluding tert-OH is 2. The fourth-order valence-corrected chi connectivity index (χ4v) is 5.12. The van der Waals surface area contributed by atoms with Crippen LogP contribution in [0.2, 0.25) is 0 Å². The van der Waals surface area contributed by atoms with Crippen LogP contribution in [0.25, 0.3) is 0 Å². The smallest absolute Gasteiger partial charge is 0.408 e. The van der Waals surface area contributed by atoms with E-state index in [2.05, 4.69) is 21.3 Å². The normalized spacial score (nSPS) is 14.5. The second kappa shape index (κ2) is 19.5. The third-order valence-electron chi connectivity index (χ3n) is 7.70. The number of aliphatic hydroxyl groups is 2. The fourth-order valence-electron chi connectivity index (χ4n) is 5.12. The molecule has 49 heavy (non-hydrogen) atoms. The summed E-state index contributed by atoms with van der Waals surface area (Å²) in [5.41, 5.74) is 1.93. The van der Waals surface area contributed by atoms with Crippen molar-refractivity contribution < 1.29 is 34.1 Å². The number of rotatable bonds is 17. The molecule has 0 spiro atoms. The van der Waals surface area contributed by atoms with Gasteiger partial charge in [0.25, 0.3) is 0 Å². The molecule has 266 valence electrons. The van der Waals surface area contributed by atoms with E-state index in [0.29, 0.717) is 12.8 Å². The number of ether oxygens (including phenoxy) is 2. The van der Waals surface area contributed by atoms with E-state index in [0.717, 1.165) is 16.7 Å². The Balaban J connectivity index is 1.64. The molecular weight excluding hydrogens is 624 g/mol. The number of carbonyl (C=O) groups is 3.